The molecule has 1 unspecified atom stereocenters. The van der Waals surface area contributed by atoms with Crippen LogP contribution in [-0.2, 0) is 0 Å². The summed E-state index contributed by atoms with van der Waals surface area (Å²) >= 11 is 0. The summed E-state index contributed by atoms with van der Waals surface area (Å²) < 4.78 is 0. The van der Waals surface area contributed by atoms with Crippen molar-refractivity contribution in [1.29, 1.82) is 0 Å². The van der Waals surface area contributed by atoms with Gasteiger partial charge in [0.25, 0.3) is 0 Å². The van der Waals surface area contributed by atoms with E-state index in [1.165, 1.54) is 68.1 Å². The van der Waals surface area contributed by atoms with Gasteiger partial charge in [-0.3, -0.25) is 0 Å². The lowest BCUT2D eigenvalue weighted by molar-refractivity contribution is 0.443. The maximum atomic E-state index is 5.97. The van der Waals surface area contributed by atoms with E-state index >= 15 is 0 Å². The number of hydrogen-bond donors (Lipinski definition) is 1. The SMILES string of the molecule is CCCCC(c1ccc(C2CCCCC2)cc1)c1ccc(N)cc1C. The lowest BCUT2D eigenvalue weighted by Gasteiger charge is -2.24. The Balaban J connectivity index is 1.85. The van der Waals surface area contributed by atoms with Crippen molar-refractivity contribution >= 4 is 5.69 Å². The molecule has 25 heavy (non-hydrogen) atoms. The molecule has 1 atom stereocenters. The topological polar surface area (TPSA) is 26.0 Å². The second kappa shape index (κ2) is 8.56. The van der Waals surface area contributed by atoms with Gasteiger partial charge in [0.15, 0.2) is 0 Å². The molecule has 3 rings (SSSR count). The van der Waals surface area contributed by atoms with Crippen LogP contribution in [0, 0.1) is 6.92 Å². The third-order valence-electron chi connectivity index (χ3n) is 5.93. The van der Waals surface area contributed by atoms with Crippen molar-refractivity contribution in [2.75, 3.05) is 5.73 Å². The van der Waals surface area contributed by atoms with Gasteiger partial charge in [-0.15, -0.1) is 0 Å². The van der Waals surface area contributed by atoms with E-state index in [2.05, 4.69) is 56.3 Å². The minimum atomic E-state index is 0.487. The minimum Gasteiger partial charge on any atom is -0.399 e. The number of nitrogens with two attached hydrogens (primary N) is 1. The summed E-state index contributed by atoms with van der Waals surface area (Å²) in [7, 11) is 0. The van der Waals surface area contributed by atoms with Crippen LogP contribution in [0.5, 0.6) is 0 Å². The summed E-state index contributed by atoms with van der Waals surface area (Å²) in [5, 5.41) is 0. The van der Waals surface area contributed by atoms with Crippen molar-refractivity contribution < 1.29 is 0 Å². The van der Waals surface area contributed by atoms with E-state index in [0.29, 0.717) is 5.92 Å². The maximum absolute atomic E-state index is 5.97. The van der Waals surface area contributed by atoms with Crippen molar-refractivity contribution in [3.8, 4) is 0 Å². The average Bonchev–Trinajstić information content (AvgIpc) is 2.64. The molecule has 1 aliphatic rings. The number of hydrogen-bond acceptors (Lipinski definition) is 1. The van der Waals surface area contributed by atoms with Gasteiger partial charge in [-0.25, -0.2) is 0 Å². The van der Waals surface area contributed by atoms with Gasteiger partial charge in [0.1, 0.15) is 0 Å². The first-order valence-corrected chi connectivity index (χ1v) is 10.1. The molecule has 1 heteroatoms. The lowest BCUT2D eigenvalue weighted by atomic mass is 9.81. The highest BCUT2D eigenvalue weighted by molar-refractivity contribution is 5.48. The number of benzene rings is 2. The molecular weight excluding hydrogens is 302 g/mol. The Morgan fingerprint density at radius 3 is 2.36 bits per heavy atom. The Labute approximate surface area is 153 Å². The quantitative estimate of drug-likeness (QED) is 0.568. The molecule has 2 aromatic rings. The monoisotopic (exact) mass is 335 g/mol. The molecule has 1 saturated carbocycles. The van der Waals surface area contributed by atoms with E-state index < -0.39 is 0 Å². The first-order valence-electron chi connectivity index (χ1n) is 10.1. The zero-order valence-corrected chi connectivity index (χ0v) is 15.9. The van der Waals surface area contributed by atoms with Crippen LogP contribution in [0.3, 0.4) is 0 Å². The van der Waals surface area contributed by atoms with E-state index in [4.69, 9.17) is 5.73 Å². The standard InChI is InChI=1S/C24H33N/c1-3-4-10-24(23-16-15-22(25)17-18(23)2)21-13-11-20(12-14-21)19-8-6-5-7-9-19/h11-17,19,24H,3-10,25H2,1-2H3. The molecule has 2 N–H and O–H groups in total. The van der Waals surface area contributed by atoms with Crippen LogP contribution in [0.25, 0.3) is 0 Å². The fraction of sp³-hybridized carbons (Fsp3) is 0.500. The highest BCUT2D eigenvalue weighted by atomic mass is 14.5. The van der Waals surface area contributed by atoms with E-state index in [-0.39, 0.29) is 0 Å². The summed E-state index contributed by atoms with van der Waals surface area (Å²) in [6.45, 7) is 4.47. The van der Waals surface area contributed by atoms with Gasteiger partial charge < -0.3 is 5.73 Å². The first-order chi connectivity index (χ1) is 12.2. The number of unbranched alkanes of at least 4 members (excludes halogenated alkanes) is 1. The largest absolute Gasteiger partial charge is 0.399 e. The zero-order valence-electron chi connectivity index (χ0n) is 15.9. The smallest absolute Gasteiger partial charge is 0.0316 e. The molecular formula is C24H33N. The number of rotatable bonds is 6. The fourth-order valence-corrected chi connectivity index (χ4v) is 4.44. The Morgan fingerprint density at radius 2 is 1.72 bits per heavy atom. The van der Waals surface area contributed by atoms with E-state index in [9.17, 15) is 0 Å². The summed E-state index contributed by atoms with van der Waals surface area (Å²) in [5.41, 5.74) is 12.6. The number of nitrogen functional groups attached to an aromatic ring is 1. The fourth-order valence-electron chi connectivity index (χ4n) is 4.44. The number of anilines is 1. The molecule has 2 aromatic carbocycles. The normalized spacial score (nSPS) is 16.7. The second-order valence-corrected chi connectivity index (χ2v) is 7.81. The minimum absolute atomic E-state index is 0.487. The van der Waals surface area contributed by atoms with E-state index in [1.807, 2.05) is 0 Å². The molecule has 1 nitrogen and oxygen atoms in total. The molecule has 0 saturated heterocycles. The van der Waals surface area contributed by atoms with Crippen LogP contribution in [0.4, 0.5) is 5.69 Å². The number of aryl methyl sites for hydroxylation is 1. The molecule has 1 fully saturated rings. The average molecular weight is 336 g/mol. The van der Waals surface area contributed by atoms with Crippen LogP contribution >= 0.6 is 0 Å². The maximum Gasteiger partial charge on any atom is 0.0316 e. The van der Waals surface area contributed by atoms with E-state index in [1.54, 1.807) is 5.56 Å². The highest BCUT2D eigenvalue weighted by Gasteiger charge is 2.18. The molecule has 134 valence electrons. The highest BCUT2D eigenvalue weighted by Crippen LogP contribution is 2.36. The molecule has 0 aliphatic heterocycles. The predicted molar refractivity (Wildman–Crippen MR) is 109 cm³/mol. The Bertz CT molecular complexity index is 665. The third kappa shape index (κ3) is 4.45. The zero-order chi connectivity index (χ0) is 17.6. The van der Waals surface area contributed by atoms with Crippen molar-refractivity contribution in [2.45, 2.75) is 77.0 Å². The first kappa shape index (κ1) is 18.0. The molecule has 0 radical (unpaired) electrons. The second-order valence-electron chi connectivity index (χ2n) is 7.81. The van der Waals surface area contributed by atoms with E-state index in [0.717, 1.165) is 11.6 Å². The van der Waals surface area contributed by atoms with Gasteiger partial charge in [0.05, 0.1) is 0 Å². The van der Waals surface area contributed by atoms with Crippen molar-refractivity contribution in [1.82, 2.24) is 0 Å². The Morgan fingerprint density at radius 1 is 1.00 bits per heavy atom. The summed E-state index contributed by atoms with van der Waals surface area (Å²) in [5.74, 6) is 1.27. The lowest BCUT2D eigenvalue weighted by Crippen LogP contribution is -2.07. The molecule has 0 aromatic heterocycles. The molecule has 1 aliphatic carbocycles. The van der Waals surface area contributed by atoms with Gasteiger partial charge >= 0.3 is 0 Å². The van der Waals surface area contributed by atoms with Crippen LogP contribution in [0.2, 0.25) is 0 Å². The summed E-state index contributed by atoms with van der Waals surface area (Å²) in [6.07, 6.45) is 10.7. The van der Waals surface area contributed by atoms with Crippen LogP contribution < -0.4 is 5.73 Å². The molecule has 0 spiro atoms. The van der Waals surface area contributed by atoms with Crippen molar-refractivity contribution in [3.63, 3.8) is 0 Å². The molecule has 0 bridgehead atoms. The third-order valence-corrected chi connectivity index (χ3v) is 5.93. The van der Waals surface area contributed by atoms with Gasteiger partial charge in [0.2, 0.25) is 0 Å². The predicted octanol–water partition coefficient (Wildman–Crippen LogP) is 6.95. The van der Waals surface area contributed by atoms with Crippen molar-refractivity contribution in [3.05, 3.63) is 64.7 Å². The summed E-state index contributed by atoms with van der Waals surface area (Å²) in [6, 6.07) is 16.0. The van der Waals surface area contributed by atoms with Gasteiger partial charge in [-0.2, -0.15) is 0 Å². The molecule has 0 amide bonds. The van der Waals surface area contributed by atoms with Gasteiger partial charge in [-0.1, -0.05) is 69.4 Å². The van der Waals surface area contributed by atoms with Gasteiger partial charge in [0, 0.05) is 11.6 Å². The Hall–Kier alpha value is -1.76. The molecule has 0 heterocycles. The van der Waals surface area contributed by atoms with Crippen LogP contribution in [-0.4, -0.2) is 0 Å². The summed E-state index contributed by atoms with van der Waals surface area (Å²) in [4.78, 5) is 0. The van der Waals surface area contributed by atoms with Crippen LogP contribution in [0.15, 0.2) is 42.5 Å². The Kier molecular flexibility index (Phi) is 6.18. The van der Waals surface area contributed by atoms with Crippen LogP contribution in [0.1, 0.15) is 92.4 Å². The van der Waals surface area contributed by atoms with Crippen molar-refractivity contribution in [2.24, 2.45) is 0 Å². The van der Waals surface area contributed by atoms with Gasteiger partial charge in [-0.05, 0) is 66.5 Å².